The van der Waals surface area contributed by atoms with E-state index in [2.05, 4.69) is 11.4 Å². The third-order valence-corrected chi connectivity index (χ3v) is 5.67. The third-order valence-electron chi connectivity index (χ3n) is 4.63. The molecule has 0 fully saturated rings. The fourth-order valence-corrected chi connectivity index (χ4v) is 4.30. The molecule has 0 saturated heterocycles. The molecule has 1 atom stereocenters. The van der Waals surface area contributed by atoms with Gasteiger partial charge in [-0.1, -0.05) is 66.4 Å². The number of amides is 1. The van der Waals surface area contributed by atoms with Crippen LogP contribution in [0.2, 0.25) is 0 Å². The van der Waals surface area contributed by atoms with Crippen LogP contribution in [0.1, 0.15) is 27.4 Å². The van der Waals surface area contributed by atoms with E-state index in [1.54, 1.807) is 6.07 Å². The lowest BCUT2D eigenvalue weighted by Gasteiger charge is -2.27. The molecule has 3 N–H and O–H groups in total. The zero-order valence-corrected chi connectivity index (χ0v) is 15.0. The summed E-state index contributed by atoms with van der Waals surface area (Å²) in [6, 6.07) is 19.1. The molecule has 2 aromatic rings. The molecule has 1 heterocycles. The second-order valence-corrected chi connectivity index (χ2v) is 7.23. The summed E-state index contributed by atoms with van der Waals surface area (Å²) in [5.41, 5.74) is 9.28. The normalized spacial score (nSPS) is 17.9. The molecule has 1 unspecified atom stereocenters. The monoisotopic (exact) mass is 373 g/mol. The first kappa shape index (κ1) is 17.1. The van der Waals surface area contributed by atoms with Crippen molar-refractivity contribution < 1.29 is 9.59 Å². The molecule has 0 spiro atoms. The van der Waals surface area contributed by atoms with Crippen molar-refractivity contribution in [2.75, 3.05) is 5.75 Å². The van der Waals surface area contributed by atoms with E-state index in [1.807, 2.05) is 48.5 Å². The van der Waals surface area contributed by atoms with Gasteiger partial charge in [-0.25, -0.2) is 0 Å². The standard InChI is InChI=1S/C21H15N3O2S/c22-10-15-17(12-6-2-1-3-7-12)18-19(24-21(15)27-11-16(23)25)13-8-4-5-9-14(13)20(18)26/h1-9,17,24H,11H2,(H2,23,25). The molecule has 0 bridgehead atoms. The predicted octanol–water partition coefficient (Wildman–Crippen LogP) is 2.93. The number of carbonyl (C=O) groups is 2. The Morgan fingerprint density at radius 1 is 1.11 bits per heavy atom. The Balaban J connectivity index is 1.90. The predicted molar refractivity (Wildman–Crippen MR) is 104 cm³/mol. The molecule has 2 aliphatic rings. The van der Waals surface area contributed by atoms with E-state index in [9.17, 15) is 14.9 Å². The van der Waals surface area contributed by atoms with Gasteiger partial charge in [0.25, 0.3) is 0 Å². The molecule has 0 saturated carbocycles. The number of hydrogen-bond donors (Lipinski definition) is 2. The summed E-state index contributed by atoms with van der Waals surface area (Å²) in [5, 5.41) is 13.7. The van der Waals surface area contributed by atoms with Crippen molar-refractivity contribution in [2.24, 2.45) is 5.73 Å². The minimum Gasteiger partial charge on any atom is -0.369 e. The Morgan fingerprint density at radius 2 is 1.78 bits per heavy atom. The van der Waals surface area contributed by atoms with Gasteiger partial charge in [-0.05, 0) is 5.56 Å². The zero-order valence-electron chi connectivity index (χ0n) is 14.2. The minimum atomic E-state index is -0.484. The van der Waals surface area contributed by atoms with E-state index in [0.29, 0.717) is 27.4 Å². The highest BCUT2D eigenvalue weighted by atomic mass is 32.2. The van der Waals surface area contributed by atoms with Gasteiger partial charge < -0.3 is 11.1 Å². The van der Waals surface area contributed by atoms with Crippen molar-refractivity contribution in [3.63, 3.8) is 0 Å². The van der Waals surface area contributed by atoms with Gasteiger partial charge in [0.15, 0.2) is 5.78 Å². The Bertz CT molecular complexity index is 1060. The van der Waals surface area contributed by atoms with Gasteiger partial charge in [0.05, 0.1) is 34.0 Å². The number of hydrogen-bond acceptors (Lipinski definition) is 5. The van der Waals surface area contributed by atoms with Crippen LogP contribution in [0, 0.1) is 11.3 Å². The molecule has 2 aromatic carbocycles. The highest BCUT2D eigenvalue weighted by Gasteiger charge is 2.41. The molecule has 132 valence electrons. The second kappa shape index (κ2) is 6.78. The van der Waals surface area contributed by atoms with Crippen molar-refractivity contribution >= 4 is 29.1 Å². The number of fused-ring (bicyclic) bond motifs is 2. The van der Waals surface area contributed by atoms with Crippen LogP contribution in [0.3, 0.4) is 0 Å². The number of nitrogens with two attached hydrogens (primary N) is 1. The average molecular weight is 373 g/mol. The maximum atomic E-state index is 13.1. The van der Waals surface area contributed by atoms with E-state index in [0.717, 1.165) is 11.1 Å². The largest absolute Gasteiger partial charge is 0.369 e. The van der Waals surface area contributed by atoms with Crippen LogP contribution in [-0.2, 0) is 4.79 Å². The van der Waals surface area contributed by atoms with Gasteiger partial charge in [-0.2, -0.15) is 5.26 Å². The maximum absolute atomic E-state index is 13.1. The highest BCUT2D eigenvalue weighted by Crippen LogP contribution is 2.47. The molecule has 27 heavy (non-hydrogen) atoms. The topological polar surface area (TPSA) is 96.0 Å². The van der Waals surface area contributed by atoms with Crippen LogP contribution >= 0.6 is 11.8 Å². The summed E-state index contributed by atoms with van der Waals surface area (Å²) in [4.78, 5) is 24.4. The Labute approximate surface area is 160 Å². The summed E-state index contributed by atoms with van der Waals surface area (Å²) in [6.45, 7) is 0. The van der Waals surface area contributed by atoms with Gasteiger partial charge >= 0.3 is 0 Å². The third kappa shape index (κ3) is 2.82. The van der Waals surface area contributed by atoms with Gasteiger partial charge in [0, 0.05) is 16.7 Å². The van der Waals surface area contributed by atoms with Crippen molar-refractivity contribution in [1.82, 2.24) is 5.32 Å². The molecule has 4 rings (SSSR count). The Morgan fingerprint density at radius 3 is 2.44 bits per heavy atom. The number of allylic oxidation sites excluding steroid dienone is 2. The van der Waals surface area contributed by atoms with E-state index in [4.69, 9.17) is 5.73 Å². The molecule has 1 amide bonds. The first-order chi connectivity index (χ1) is 13.1. The summed E-state index contributed by atoms with van der Waals surface area (Å²) >= 11 is 1.19. The number of ketones is 1. The van der Waals surface area contributed by atoms with E-state index in [1.165, 1.54) is 11.8 Å². The van der Waals surface area contributed by atoms with Crippen molar-refractivity contribution in [1.29, 1.82) is 5.26 Å². The molecule has 1 aliphatic carbocycles. The number of benzene rings is 2. The number of rotatable bonds is 4. The van der Waals surface area contributed by atoms with E-state index < -0.39 is 11.8 Å². The van der Waals surface area contributed by atoms with Crippen LogP contribution in [-0.4, -0.2) is 17.4 Å². The summed E-state index contributed by atoms with van der Waals surface area (Å²) in [5.74, 6) is -0.977. The first-order valence-corrected chi connectivity index (χ1v) is 9.36. The number of carbonyl (C=O) groups excluding carboxylic acids is 2. The van der Waals surface area contributed by atoms with E-state index >= 15 is 0 Å². The van der Waals surface area contributed by atoms with Crippen molar-refractivity contribution in [2.45, 2.75) is 5.92 Å². The van der Waals surface area contributed by atoms with Gasteiger partial charge in [-0.3, -0.25) is 9.59 Å². The number of nitrogens with one attached hydrogen (secondary N) is 1. The lowest BCUT2D eigenvalue weighted by molar-refractivity contribution is -0.115. The van der Waals surface area contributed by atoms with Crippen LogP contribution in [0.25, 0.3) is 5.70 Å². The first-order valence-electron chi connectivity index (χ1n) is 8.37. The van der Waals surface area contributed by atoms with Gasteiger partial charge in [0.2, 0.25) is 5.91 Å². The molecule has 1 aliphatic heterocycles. The Hall–Kier alpha value is -3.30. The number of nitrogens with zero attached hydrogens (tertiary/aromatic N) is 1. The van der Waals surface area contributed by atoms with Gasteiger partial charge in [0.1, 0.15) is 0 Å². The van der Waals surface area contributed by atoms with Crippen LogP contribution in [0.5, 0.6) is 0 Å². The van der Waals surface area contributed by atoms with Gasteiger partial charge in [-0.15, -0.1) is 0 Å². The number of Topliss-reactive ketones (excluding diaryl/α,β-unsaturated/α-hetero) is 1. The maximum Gasteiger partial charge on any atom is 0.227 e. The number of dihydropyridines is 1. The fourth-order valence-electron chi connectivity index (χ4n) is 3.52. The van der Waals surface area contributed by atoms with Crippen LogP contribution in [0.4, 0.5) is 0 Å². The summed E-state index contributed by atoms with van der Waals surface area (Å²) in [7, 11) is 0. The molecular weight excluding hydrogens is 358 g/mol. The van der Waals surface area contributed by atoms with Crippen LogP contribution < -0.4 is 11.1 Å². The fraction of sp³-hybridized carbons (Fsp3) is 0.0952. The molecule has 0 radical (unpaired) electrons. The average Bonchev–Trinajstić information content (AvgIpc) is 2.98. The quantitative estimate of drug-likeness (QED) is 0.859. The summed E-state index contributed by atoms with van der Waals surface area (Å²) in [6.07, 6.45) is 0. The molecule has 5 nitrogen and oxygen atoms in total. The molecular formula is C21H15N3O2S. The van der Waals surface area contributed by atoms with Crippen molar-refractivity contribution in [3.05, 3.63) is 87.5 Å². The number of primary amides is 1. The number of nitriles is 1. The van der Waals surface area contributed by atoms with E-state index in [-0.39, 0.29) is 11.5 Å². The van der Waals surface area contributed by atoms with Crippen molar-refractivity contribution in [3.8, 4) is 6.07 Å². The number of thioether (sulfide) groups is 1. The SMILES string of the molecule is N#CC1=C(SCC(N)=O)NC2=C(C(=O)c3ccccc32)C1c1ccccc1. The molecule has 6 heteroatoms. The highest BCUT2D eigenvalue weighted by molar-refractivity contribution is 8.03. The lowest BCUT2D eigenvalue weighted by atomic mass is 9.82. The van der Waals surface area contributed by atoms with Crippen LogP contribution in [0.15, 0.2) is 70.8 Å². The molecule has 0 aromatic heterocycles. The smallest absolute Gasteiger partial charge is 0.227 e. The lowest BCUT2D eigenvalue weighted by Crippen LogP contribution is -2.25. The minimum absolute atomic E-state index is 0.0488. The second-order valence-electron chi connectivity index (χ2n) is 6.24. The summed E-state index contributed by atoms with van der Waals surface area (Å²) < 4.78 is 0. The zero-order chi connectivity index (χ0) is 19.0. The Kier molecular flexibility index (Phi) is 4.30.